The molecular weight excluding hydrogens is 316 g/mol. The van der Waals surface area contributed by atoms with Crippen molar-refractivity contribution in [2.45, 2.75) is 31.4 Å². The third-order valence-electron chi connectivity index (χ3n) is 3.99. The standard InChI is InChI=1S/C17H17F2N3O2/c18-15(19)13-7-9-20-14(22-13)11-21-16(23)17(8-4-10-24-17)12-5-2-1-3-6-12/h1-3,5-7,9,15H,4,8,10-11H2,(H,21,23). The molecule has 1 saturated heterocycles. The molecule has 1 atom stereocenters. The zero-order chi connectivity index (χ0) is 17.0. The SMILES string of the molecule is O=C(NCc1nccc(C(F)F)n1)C1(c2ccccc2)CCCO1. The van der Waals surface area contributed by atoms with E-state index >= 15 is 0 Å². The van der Waals surface area contributed by atoms with Gasteiger partial charge < -0.3 is 10.1 Å². The summed E-state index contributed by atoms with van der Waals surface area (Å²) in [5.41, 5.74) is -0.618. The summed E-state index contributed by atoms with van der Waals surface area (Å²) in [6.07, 6.45) is -0.0635. The highest BCUT2D eigenvalue weighted by atomic mass is 19.3. The number of alkyl halides is 2. The molecule has 126 valence electrons. The summed E-state index contributed by atoms with van der Waals surface area (Å²) in [5, 5.41) is 2.71. The van der Waals surface area contributed by atoms with E-state index in [1.165, 1.54) is 6.20 Å². The van der Waals surface area contributed by atoms with Gasteiger partial charge in [0.25, 0.3) is 12.3 Å². The quantitative estimate of drug-likeness (QED) is 0.914. The van der Waals surface area contributed by atoms with Crippen molar-refractivity contribution in [1.82, 2.24) is 15.3 Å². The minimum absolute atomic E-state index is 0.0304. The van der Waals surface area contributed by atoms with E-state index in [0.29, 0.717) is 13.0 Å². The Morgan fingerprint density at radius 2 is 2.08 bits per heavy atom. The van der Waals surface area contributed by atoms with Crippen LogP contribution in [-0.2, 0) is 21.7 Å². The molecule has 5 nitrogen and oxygen atoms in total. The maximum absolute atomic E-state index is 12.7. The van der Waals surface area contributed by atoms with Gasteiger partial charge in [-0.3, -0.25) is 4.79 Å². The van der Waals surface area contributed by atoms with Crippen LogP contribution in [0.1, 0.15) is 36.3 Å². The highest BCUT2D eigenvalue weighted by Gasteiger charge is 2.44. The Bertz CT molecular complexity index is 704. The van der Waals surface area contributed by atoms with Crippen molar-refractivity contribution in [2.75, 3.05) is 6.61 Å². The van der Waals surface area contributed by atoms with Crippen LogP contribution in [0.25, 0.3) is 0 Å². The third-order valence-corrected chi connectivity index (χ3v) is 3.99. The molecule has 1 unspecified atom stereocenters. The summed E-state index contributed by atoms with van der Waals surface area (Å²) in [6, 6.07) is 10.4. The van der Waals surface area contributed by atoms with Crippen LogP contribution in [0.3, 0.4) is 0 Å². The number of hydrogen-bond acceptors (Lipinski definition) is 4. The first-order valence-electron chi connectivity index (χ1n) is 7.69. The van der Waals surface area contributed by atoms with Gasteiger partial charge in [0, 0.05) is 12.8 Å². The van der Waals surface area contributed by atoms with E-state index in [1.807, 2.05) is 30.3 Å². The van der Waals surface area contributed by atoms with E-state index < -0.39 is 12.0 Å². The van der Waals surface area contributed by atoms with Gasteiger partial charge in [-0.05, 0) is 24.5 Å². The lowest BCUT2D eigenvalue weighted by Crippen LogP contribution is -2.44. The maximum Gasteiger partial charge on any atom is 0.280 e. The zero-order valence-electron chi connectivity index (χ0n) is 12.9. The number of halogens is 2. The van der Waals surface area contributed by atoms with E-state index in [-0.39, 0.29) is 24.0 Å². The van der Waals surface area contributed by atoms with Crippen molar-refractivity contribution in [2.24, 2.45) is 0 Å². The molecule has 0 radical (unpaired) electrons. The number of rotatable bonds is 5. The molecule has 2 aromatic rings. The second-order valence-corrected chi connectivity index (χ2v) is 5.53. The van der Waals surface area contributed by atoms with Gasteiger partial charge >= 0.3 is 0 Å². The van der Waals surface area contributed by atoms with Crippen molar-refractivity contribution in [3.05, 3.63) is 59.7 Å². The van der Waals surface area contributed by atoms with Crippen molar-refractivity contribution in [1.29, 1.82) is 0 Å². The topological polar surface area (TPSA) is 64.1 Å². The Morgan fingerprint density at radius 3 is 2.75 bits per heavy atom. The third kappa shape index (κ3) is 3.26. The van der Waals surface area contributed by atoms with Crippen LogP contribution in [0, 0.1) is 0 Å². The first-order chi connectivity index (χ1) is 11.6. The molecule has 7 heteroatoms. The molecule has 1 aromatic heterocycles. The van der Waals surface area contributed by atoms with Crippen LogP contribution < -0.4 is 5.32 Å². The molecule has 0 spiro atoms. The Morgan fingerprint density at radius 1 is 1.29 bits per heavy atom. The van der Waals surface area contributed by atoms with Crippen molar-refractivity contribution >= 4 is 5.91 Å². The van der Waals surface area contributed by atoms with Crippen LogP contribution in [0.15, 0.2) is 42.6 Å². The van der Waals surface area contributed by atoms with Gasteiger partial charge in [-0.25, -0.2) is 18.7 Å². The van der Waals surface area contributed by atoms with Crippen LogP contribution >= 0.6 is 0 Å². The molecule has 1 aromatic carbocycles. The van der Waals surface area contributed by atoms with Gasteiger partial charge in [0.15, 0.2) is 5.60 Å². The van der Waals surface area contributed by atoms with Gasteiger partial charge in [0.05, 0.1) is 6.54 Å². The molecule has 1 aliphatic heterocycles. The van der Waals surface area contributed by atoms with Gasteiger partial charge in [0.2, 0.25) is 0 Å². The molecule has 0 bridgehead atoms. The molecular formula is C17H17F2N3O2. The van der Waals surface area contributed by atoms with Gasteiger partial charge in [-0.15, -0.1) is 0 Å². The number of amides is 1. The average molecular weight is 333 g/mol. The maximum atomic E-state index is 12.7. The minimum Gasteiger partial charge on any atom is -0.360 e. The lowest BCUT2D eigenvalue weighted by Gasteiger charge is -2.27. The number of ether oxygens (including phenoxy) is 1. The van der Waals surface area contributed by atoms with E-state index in [1.54, 1.807) is 0 Å². The molecule has 0 aliphatic carbocycles. The monoisotopic (exact) mass is 333 g/mol. The average Bonchev–Trinajstić information content (AvgIpc) is 3.12. The van der Waals surface area contributed by atoms with E-state index in [4.69, 9.17) is 4.74 Å². The van der Waals surface area contributed by atoms with Crippen LogP contribution in [0.4, 0.5) is 8.78 Å². The molecule has 1 amide bonds. The predicted octanol–water partition coefficient (Wildman–Crippen LogP) is 2.74. The van der Waals surface area contributed by atoms with E-state index in [0.717, 1.165) is 18.1 Å². The number of nitrogens with zero attached hydrogens (tertiary/aromatic N) is 2. The van der Waals surface area contributed by atoms with Crippen LogP contribution in [-0.4, -0.2) is 22.5 Å². The Hall–Kier alpha value is -2.41. The molecule has 24 heavy (non-hydrogen) atoms. The highest BCUT2D eigenvalue weighted by molar-refractivity contribution is 5.86. The van der Waals surface area contributed by atoms with E-state index in [2.05, 4.69) is 15.3 Å². The Balaban J connectivity index is 1.74. The van der Waals surface area contributed by atoms with Gasteiger partial charge in [-0.1, -0.05) is 30.3 Å². The first-order valence-corrected chi connectivity index (χ1v) is 7.69. The lowest BCUT2D eigenvalue weighted by atomic mass is 9.90. The normalized spacial score (nSPS) is 20.3. The molecule has 3 rings (SSSR count). The number of aromatic nitrogens is 2. The van der Waals surface area contributed by atoms with Crippen molar-refractivity contribution in [3.63, 3.8) is 0 Å². The molecule has 1 N–H and O–H groups in total. The zero-order valence-corrected chi connectivity index (χ0v) is 12.9. The number of nitrogens with one attached hydrogen (secondary N) is 1. The molecule has 2 heterocycles. The second-order valence-electron chi connectivity index (χ2n) is 5.53. The predicted molar refractivity (Wildman–Crippen MR) is 82.1 cm³/mol. The molecule has 0 saturated carbocycles. The van der Waals surface area contributed by atoms with E-state index in [9.17, 15) is 13.6 Å². The molecule has 1 aliphatic rings. The fourth-order valence-corrected chi connectivity index (χ4v) is 2.81. The second kappa shape index (κ2) is 7.00. The fraction of sp³-hybridized carbons (Fsp3) is 0.353. The summed E-state index contributed by atoms with van der Waals surface area (Å²) in [6.45, 7) is 0.469. The highest BCUT2D eigenvalue weighted by Crippen LogP contribution is 2.36. The Kier molecular flexibility index (Phi) is 4.80. The summed E-state index contributed by atoms with van der Waals surface area (Å²) in [7, 11) is 0. The van der Waals surface area contributed by atoms with Crippen LogP contribution in [0.5, 0.6) is 0 Å². The fourth-order valence-electron chi connectivity index (χ4n) is 2.81. The smallest absolute Gasteiger partial charge is 0.280 e. The van der Waals surface area contributed by atoms with Gasteiger partial charge in [-0.2, -0.15) is 0 Å². The van der Waals surface area contributed by atoms with Crippen molar-refractivity contribution < 1.29 is 18.3 Å². The first kappa shape index (κ1) is 16.4. The Labute approximate surface area is 138 Å². The number of hydrogen-bond donors (Lipinski definition) is 1. The summed E-state index contributed by atoms with van der Waals surface area (Å²) < 4.78 is 31.1. The van der Waals surface area contributed by atoms with Crippen molar-refractivity contribution in [3.8, 4) is 0 Å². The summed E-state index contributed by atoms with van der Waals surface area (Å²) in [5.74, 6) is -0.167. The minimum atomic E-state index is -2.67. The van der Waals surface area contributed by atoms with Crippen LogP contribution in [0.2, 0.25) is 0 Å². The number of carbonyl (C=O) groups excluding carboxylic acids is 1. The largest absolute Gasteiger partial charge is 0.360 e. The lowest BCUT2D eigenvalue weighted by molar-refractivity contribution is -0.142. The summed E-state index contributed by atoms with van der Waals surface area (Å²) >= 11 is 0. The number of benzene rings is 1. The molecule has 1 fully saturated rings. The summed E-state index contributed by atoms with van der Waals surface area (Å²) in [4.78, 5) is 20.4. The van der Waals surface area contributed by atoms with Gasteiger partial charge in [0.1, 0.15) is 11.5 Å². The number of carbonyl (C=O) groups is 1.